The molecule has 0 aliphatic rings. The van der Waals surface area contributed by atoms with Crippen LogP contribution < -0.4 is 0 Å². The third-order valence-electron chi connectivity index (χ3n) is 8.57. The van der Waals surface area contributed by atoms with Gasteiger partial charge in [-0.05, 0) is 111 Å². The van der Waals surface area contributed by atoms with Crippen molar-refractivity contribution in [3.63, 3.8) is 0 Å². The molecule has 0 saturated heterocycles. The number of rotatable bonds is 3. The lowest BCUT2D eigenvalue weighted by atomic mass is 9.84. The van der Waals surface area contributed by atoms with E-state index in [1.807, 2.05) is 0 Å². The van der Waals surface area contributed by atoms with Crippen molar-refractivity contribution in [2.45, 2.75) is 0 Å². The maximum atomic E-state index is 10.2. The zero-order valence-corrected chi connectivity index (χ0v) is 25.4. The second-order valence-electron chi connectivity index (χ2n) is 11.3. The van der Waals surface area contributed by atoms with Gasteiger partial charge in [0.15, 0.2) is 0 Å². The fraction of sp³-hybridized carbons (Fsp3) is 0. The molecule has 1 nitrogen and oxygen atoms in total. The Labute approximate surface area is 336 Å². The van der Waals surface area contributed by atoms with Gasteiger partial charge < -0.3 is 4.42 Å². The molecule has 0 aliphatic carbocycles. The molecule has 0 radical (unpaired) electrons. The van der Waals surface area contributed by atoms with Crippen LogP contribution in [0.1, 0.15) is 41.1 Å². The highest BCUT2D eigenvalue weighted by Gasteiger charge is 2.20. The van der Waals surface area contributed by atoms with Gasteiger partial charge in [0.2, 0.25) is 0 Å². The molecule has 1 aromatic heterocycles. The van der Waals surface area contributed by atoms with E-state index in [0.29, 0.717) is 0 Å². The zero-order chi connectivity index (χ0) is 59.6. The van der Waals surface area contributed by atoms with E-state index in [2.05, 4.69) is 0 Å². The monoisotopic (exact) mass is 676 g/mol. The topological polar surface area (TPSA) is 13.1 Å². The summed E-state index contributed by atoms with van der Waals surface area (Å²) in [5, 5.41) is -8.11. The van der Waals surface area contributed by atoms with Crippen molar-refractivity contribution in [1.82, 2.24) is 0 Å². The summed E-state index contributed by atoms with van der Waals surface area (Å²) in [6, 6.07) is -28.6. The average Bonchev–Trinajstić information content (AvgIpc) is 3.04. The first-order chi connectivity index (χ1) is 37.8. The molecule has 0 amide bonds. The Balaban J connectivity index is 1.45. The Bertz CT molecular complexity index is 4850. The molecule has 0 saturated carbocycles. The quantitative estimate of drug-likeness (QED) is 0.170. The van der Waals surface area contributed by atoms with Gasteiger partial charge in [-0.15, -0.1) is 0 Å². The van der Waals surface area contributed by atoms with Crippen LogP contribution in [0, 0.1) is 0 Å². The molecule has 10 aromatic carbocycles. The molecular formula is C50H30O. The van der Waals surface area contributed by atoms with Gasteiger partial charge in [0.1, 0.15) is 11.2 Å². The van der Waals surface area contributed by atoms with Crippen molar-refractivity contribution in [1.29, 1.82) is 0 Å². The number of fused-ring (bicyclic) bond motifs is 9. The van der Waals surface area contributed by atoms with Gasteiger partial charge in [-0.3, -0.25) is 0 Å². The summed E-state index contributed by atoms with van der Waals surface area (Å²) < 4.78 is 280. The third kappa shape index (κ3) is 4.22. The van der Waals surface area contributed by atoms with Crippen LogP contribution in [0.3, 0.4) is 0 Å². The summed E-state index contributed by atoms with van der Waals surface area (Å²) in [6.45, 7) is 0. The lowest BCUT2D eigenvalue weighted by Crippen LogP contribution is -1.92. The molecule has 1 heterocycles. The molecular weight excluding hydrogens is 617 g/mol. The average molecular weight is 677 g/mol. The minimum Gasteiger partial charge on any atom is -0.456 e. The highest BCUT2D eigenvalue weighted by molar-refractivity contribution is 6.25. The SMILES string of the molecule is [2H]c1c([2H])c(-c2c([2H])c([2H])c3c([2H])c([2H])c([2H])c(-c4c5c([2H])c([2H])c([2H])c([2H])c5c(-c5c([2H])c([2H])c6c([2H])c([2H])c([2H])c([2H])c6c5[2H])c5c([2H])c([2H])c([2H])c([2H])c45)c3c2[2H])c2c(oc3c([2H])c([2H])c4c([2H])c([2H])c([2H])c([2H])c4c32)c1[2H]. The first kappa shape index (κ1) is 11.7. The molecule has 0 bridgehead atoms. The van der Waals surface area contributed by atoms with Crippen LogP contribution in [0.4, 0.5) is 0 Å². The van der Waals surface area contributed by atoms with E-state index in [0.717, 1.165) is 0 Å². The highest BCUT2D eigenvalue weighted by atomic mass is 16.3. The van der Waals surface area contributed by atoms with Gasteiger partial charge in [0.05, 0.1) is 41.1 Å². The molecule has 51 heavy (non-hydrogen) atoms. The predicted molar refractivity (Wildman–Crippen MR) is 218 cm³/mol. The van der Waals surface area contributed by atoms with Crippen molar-refractivity contribution in [3.8, 4) is 33.4 Å². The van der Waals surface area contributed by atoms with E-state index in [-0.39, 0.29) is 0 Å². The van der Waals surface area contributed by atoms with E-state index in [1.165, 1.54) is 0 Å². The largest absolute Gasteiger partial charge is 0.456 e. The van der Waals surface area contributed by atoms with Crippen LogP contribution in [0.2, 0.25) is 0 Å². The van der Waals surface area contributed by atoms with Crippen molar-refractivity contribution < 1.29 is 45.5 Å². The van der Waals surface area contributed by atoms with Gasteiger partial charge in [-0.1, -0.05) is 157 Å². The van der Waals surface area contributed by atoms with Crippen LogP contribution in [-0.4, -0.2) is 0 Å². The lowest BCUT2D eigenvalue weighted by Gasteiger charge is -2.19. The Morgan fingerprint density at radius 3 is 1.63 bits per heavy atom. The third-order valence-corrected chi connectivity index (χ3v) is 8.57. The first-order valence-corrected chi connectivity index (χ1v) is 15.2. The number of benzene rings is 10. The fourth-order valence-corrected chi connectivity index (χ4v) is 6.45. The van der Waals surface area contributed by atoms with Crippen molar-refractivity contribution >= 4 is 75.8 Å². The molecule has 0 aliphatic heterocycles. The predicted octanol–water partition coefficient (Wildman–Crippen LogP) is 14.4. The van der Waals surface area contributed by atoms with Crippen LogP contribution in [0.25, 0.3) is 109 Å². The summed E-state index contributed by atoms with van der Waals surface area (Å²) in [6.07, 6.45) is 0. The van der Waals surface area contributed by atoms with Crippen molar-refractivity contribution in [2.75, 3.05) is 0 Å². The number of hydrogen-bond acceptors (Lipinski definition) is 1. The Kier molecular flexibility index (Phi) is 2.50. The van der Waals surface area contributed by atoms with Crippen LogP contribution in [-0.2, 0) is 0 Å². The molecule has 1 heteroatoms. The van der Waals surface area contributed by atoms with Gasteiger partial charge in [0, 0.05) is 10.8 Å². The molecule has 0 N–H and O–H groups in total. The maximum Gasteiger partial charge on any atom is 0.136 e. The van der Waals surface area contributed by atoms with E-state index in [9.17, 15) is 17.8 Å². The van der Waals surface area contributed by atoms with E-state index in [4.69, 9.17) is 27.7 Å². The minimum absolute atomic E-state index is 0.457. The minimum atomic E-state index is -1.10. The summed E-state index contributed by atoms with van der Waals surface area (Å²) in [7, 11) is 0. The molecule has 11 aromatic rings. The normalized spacial score (nSPS) is 20.2. The molecule has 0 fully saturated rings. The molecule has 0 spiro atoms. The Morgan fingerprint density at radius 1 is 0.314 bits per heavy atom. The van der Waals surface area contributed by atoms with E-state index in [1.54, 1.807) is 0 Å². The number of furan rings is 1. The van der Waals surface area contributed by atoms with Crippen LogP contribution in [0.15, 0.2) is 186 Å². The first-order valence-electron chi connectivity index (χ1n) is 30.2. The van der Waals surface area contributed by atoms with Gasteiger partial charge in [0.25, 0.3) is 0 Å². The Hall–Kier alpha value is -6.70. The molecule has 0 unspecified atom stereocenters. The zero-order valence-electron chi connectivity index (χ0n) is 55.4. The summed E-state index contributed by atoms with van der Waals surface area (Å²) in [5.74, 6) is 0. The van der Waals surface area contributed by atoms with E-state index >= 15 is 0 Å². The lowest BCUT2D eigenvalue weighted by molar-refractivity contribution is 0.669. The van der Waals surface area contributed by atoms with Crippen molar-refractivity contribution in [3.05, 3.63) is 181 Å². The Morgan fingerprint density at radius 2 is 0.843 bits per heavy atom. The highest BCUT2D eigenvalue weighted by Crippen LogP contribution is 2.47. The number of hydrogen-bond donors (Lipinski definition) is 0. The summed E-state index contributed by atoms with van der Waals surface area (Å²) in [4.78, 5) is 0. The standard InChI is InChI=1S/C50H30O/c1-2-13-34-29-36(26-23-31(34)11-1)47-39-16-5-7-18-41(39)48(42-19-8-6-17-40(42)47)43-21-9-14-33-24-25-35(30-44(33)43)38-20-10-22-45-50(38)49-37-15-4-3-12-32(37)27-28-46(49)51-45/h1-30H/i1D,2D,3D,4D,5D,6D,7D,8D,9D,10D,11D,12D,13D,14D,15D,16D,17D,18D,19D,20D,21D,22D,23D,24D,25D,26D,27D,28D,29D,30D. The van der Waals surface area contributed by atoms with Crippen molar-refractivity contribution in [2.24, 2.45) is 0 Å². The second-order valence-corrected chi connectivity index (χ2v) is 11.3. The van der Waals surface area contributed by atoms with Crippen LogP contribution in [0.5, 0.6) is 0 Å². The van der Waals surface area contributed by atoms with Gasteiger partial charge in [-0.2, -0.15) is 0 Å². The summed E-state index contributed by atoms with van der Waals surface area (Å²) in [5.41, 5.74) is -6.13. The molecule has 11 rings (SSSR count). The van der Waals surface area contributed by atoms with Gasteiger partial charge in [-0.25, -0.2) is 0 Å². The second kappa shape index (κ2) is 10.9. The fourth-order valence-electron chi connectivity index (χ4n) is 6.45. The molecule has 236 valence electrons. The van der Waals surface area contributed by atoms with Gasteiger partial charge >= 0.3 is 0 Å². The van der Waals surface area contributed by atoms with E-state index < -0.39 is 290 Å². The molecule has 0 atom stereocenters. The maximum absolute atomic E-state index is 10.2. The van der Waals surface area contributed by atoms with Crippen LogP contribution >= 0.6 is 0 Å². The summed E-state index contributed by atoms with van der Waals surface area (Å²) >= 11 is 0. The smallest absolute Gasteiger partial charge is 0.136 e.